The largest absolute Gasteiger partial charge is 0.352 e. The molecule has 0 fully saturated rings. The van der Waals surface area contributed by atoms with E-state index in [9.17, 15) is 0 Å². The van der Waals surface area contributed by atoms with Crippen LogP contribution in [0.1, 0.15) is 44.9 Å². The Balaban J connectivity index is 2.27. The van der Waals surface area contributed by atoms with Gasteiger partial charge in [-0.2, -0.15) is 4.98 Å². The summed E-state index contributed by atoms with van der Waals surface area (Å²) in [6, 6.07) is 12.6. The Kier molecular flexibility index (Phi) is 7.04. The van der Waals surface area contributed by atoms with Gasteiger partial charge in [-0.25, -0.2) is 4.98 Å². The van der Waals surface area contributed by atoms with Crippen molar-refractivity contribution < 1.29 is 0 Å². The van der Waals surface area contributed by atoms with E-state index in [1.807, 2.05) is 0 Å². The minimum atomic E-state index is 0.861. The lowest BCUT2D eigenvalue weighted by Gasteiger charge is -2.26. The molecule has 0 bridgehead atoms. The summed E-state index contributed by atoms with van der Waals surface area (Å²) >= 11 is 0. The van der Waals surface area contributed by atoms with Crippen molar-refractivity contribution in [1.29, 1.82) is 0 Å². The lowest BCUT2D eigenvalue weighted by molar-refractivity contribution is 0.714. The molecule has 0 unspecified atom stereocenters. The molecule has 0 N–H and O–H groups in total. The topological polar surface area (TPSA) is 32.3 Å². The molecule has 4 heteroatoms. The van der Waals surface area contributed by atoms with E-state index in [0.29, 0.717) is 0 Å². The summed E-state index contributed by atoms with van der Waals surface area (Å²) in [5.74, 6) is 1.88. The van der Waals surface area contributed by atoms with Crippen LogP contribution in [-0.4, -0.2) is 29.6 Å². The molecule has 0 amide bonds. The van der Waals surface area contributed by atoms with Crippen molar-refractivity contribution in [1.82, 2.24) is 9.97 Å². The molecule has 0 saturated heterocycles. The minimum absolute atomic E-state index is 0.861. The van der Waals surface area contributed by atoms with Gasteiger partial charge in [0.2, 0.25) is 5.95 Å². The maximum atomic E-state index is 4.88. The van der Waals surface area contributed by atoms with E-state index >= 15 is 0 Å². The highest BCUT2D eigenvalue weighted by atomic mass is 15.3. The first-order valence-electron chi connectivity index (χ1n) is 9.07. The quantitative estimate of drug-likeness (QED) is 0.682. The summed E-state index contributed by atoms with van der Waals surface area (Å²) in [5, 5.41) is 0. The molecular weight excluding hydrogens is 296 g/mol. The lowest BCUT2D eigenvalue weighted by Crippen LogP contribution is -2.29. The van der Waals surface area contributed by atoms with Crippen molar-refractivity contribution in [2.45, 2.75) is 47.1 Å². The van der Waals surface area contributed by atoms with Crippen LogP contribution in [0.25, 0.3) is 0 Å². The van der Waals surface area contributed by atoms with Crippen LogP contribution >= 0.6 is 0 Å². The van der Waals surface area contributed by atoms with Crippen LogP contribution in [0, 0.1) is 6.92 Å². The Hall–Kier alpha value is -2.10. The number of hydrogen-bond acceptors (Lipinski definition) is 4. The maximum Gasteiger partial charge on any atom is 0.227 e. The molecule has 1 heterocycles. The SMILES string of the molecule is CCCN(CCC)c1nc(C)cc(N(CC)Cc2ccccc2)n1. The minimum Gasteiger partial charge on any atom is -0.352 e. The van der Waals surface area contributed by atoms with Crippen LogP contribution in [0.2, 0.25) is 0 Å². The molecule has 0 saturated carbocycles. The van der Waals surface area contributed by atoms with E-state index in [1.165, 1.54) is 5.56 Å². The van der Waals surface area contributed by atoms with E-state index in [0.717, 1.165) is 56.5 Å². The molecule has 0 spiro atoms. The first kappa shape index (κ1) is 18.2. The molecule has 1 aromatic carbocycles. The third-order valence-electron chi connectivity index (χ3n) is 4.02. The summed E-state index contributed by atoms with van der Waals surface area (Å²) in [6.45, 7) is 12.4. The third-order valence-corrected chi connectivity index (χ3v) is 4.02. The average Bonchev–Trinajstić information content (AvgIpc) is 2.60. The fourth-order valence-corrected chi connectivity index (χ4v) is 2.85. The van der Waals surface area contributed by atoms with Gasteiger partial charge in [-0.3, -0.25) is 0 Å². The van der Waals surface area contributed by atoms with Crippen LogP contribution in [0.5, 0.6) is 0 Å². The van der Waals surface area contributed by atoms with Gasteiger partial charge >= 0.3 is 0 Å². The van der Waals surface area contributed by atoms with E-state index < -0.39 is 0 Å². The highest BCUT2D eigenvalue weighted by Crippen LogP contribution is 2.20. The van der Waals surface area contributed by atoms with Gasteiger partial charge in [0.15, 0.2) is 0 Å². The van der Waals surface area contributed by atoms with Crippen LogP contribution in [-0.2, 0) is 6.54 Å². The van der Waals surface area contributed by atoms with Gasteiger partial charge in [0.05, 0.1) is 0 Å². The number of benzene rings is 1. The molecule has 0 radical (unpaired) electrons. The molecule has 24 heavy (non-hydrogen) atoms. The molecule has 2 rings (SSSR count). The molecule has 130 valence electrons. The van der Waals surface area contributed by atoms with E-state index in [4.69, 9.17) is 4.98 Å². The number of nitrogens with zero attached hydrogens (tertiary/aromatic N) is 4. The molecule has 0 aliphatic rings. The predicted octanol–water partition coefficient (Wildman–Crippen LogP) is 4.44. The summed E-state index contributed by atoms with van der Waals surface area (Å²) in [7, 11) is 0. The number of aryl methyl sites for hydroxylation is 1. The van der Waals surface area contributed by atoms with E-state index in [2.05, 4.69) is 78.9 Å². The predicted molar refractivity (Wildman–Crippen MR) is 103 cm³/mol. The van der Waals surface area contributed by atoms with Gasteiger partial charge < -0.3 is 9.80 Å². The average molecular weight is 326 g/mol. The fourth-order valence-electron chi connectivity index (χ4n) is 2.85. The van der Waals surface area contributed by atoms with Crippen molar-refractivity contribution in [2.75, 3.05) is 29.4 Å². The van der Waals surface area contributed by atoms with Crippen molar-refractivity contribution in [3.63, 3.8) is 0 Å². The van der Waals surface area contributed by atoms with Gasteiger partial charge in [0.1, 0.15) is 5.82 Å². The van der Waals surface area contributed by atoms with Crippen LogP contribution in [0.3, 0.4) is 0 Å². The van der Waals surface area contributed by atoms with Crippen LogP contribution < -0.4 is 9.80 Å². The molecule has 2 aromatic rings. The second kappa shape index (κ2) is 9.26. The summed E-state index contributed by atoms with van der Waals surface area (Å²) in [6.07, 6.45) is 2.21. The van der Waals surface area contributed by atoms with E-state index in [1.54, 1.807) is 0 Å². The number of hydrogen-bond donors (Lipinski definition) is 0. The molecule has 0 aliphatic carbocycles. The van der Waals surface area contributed by atoms with E-state index in [-0.39, 0.29) is 0 Å². The third kappa shape index (κ3) is 4.95. The maximum absolute atomic E-state index is 4.88. The van der Waals surface area contributed by atoms with Crippen molar-refractivity contribution in [3.8, 4) is 0 Å². The van der Waals surface area contributed by atoms with Crippen LogP contribution in [0.4, 0.5) is 11.8 Å². The molecule has 0 atom stereocenters. The summed E-state index contributed by atoms with van der Waals surface area (Å²) < 4.78 is 0. The van der Waals surface area contributed by atoms with Gasteiger partial charge in [-0.1, -0.05) is 44.2 Å². The van der Waals surface area contributed by atoms with Crippen molar-refractivity contribution in [2.24, 2.45) is 0 Å². The first-order valence-corrected chi connectivity index (χ1v) is 9.07. The zero-order valence-electron chi connectivity index (χ0n) is 15.5. The summed E-state index contributed by atoms with van der Waals surface area (Å²) in [5.41, 5.74) is 2.33. The molecule has 0 aliphatic heterocycles. The Morgan fingerprint density at radius 2 is 1.54 bits per heavy atom. The number of aromatic nitrogens is 2. The monoisotopic (exact) mass is 326 g/mol. The molecular formula is C20H30N4. The second-order valence-electron chi connectivity index (χ2n) is 6.15. The number of rotatable bonds is 9. The highest BCUT2D eigenvalue weighted by molar-refractivity contribution is 5.46. The Bertz CT molecular complexity index is 606. The normalized spacial score (nSPS) is 10.7. The molecule has 4 nitrogen and oxygen atoms in total. The van der Waals surface area contributed by atoms with Gasteiger partial charge in [0, 0.05) is 37.9 Å². The van der Waals surface area contributed by atoms with Gasteiger partial charge in [-0.15, -0.1) is 0 Å². The lowest BCUT2D eigenvalue weighted by atomic mass is 10.2. The second-order valence-corrected chi connectivity index (χ2v) is 6.15. The van der Waals surface area contributed by atoms with Crippen molar-refractivity contribution >= 4 is 11.8 Å². The summed E-state index contributed by atoms with van der Waals surface area (Å²) in [4.78, 5) is 14.2. The zero-order valence-corrected chi connectivity index (χ0v) is 15.5. The Morgan fingerprint density at radius 1 is 0.875 bits per heavy atom. The standard InChI is InChI=1S/C20H30N4/c1-5-13-24(14-6-2)20-21-17(4)15-19(22-20)23(7-3)16-18-11-9-8-10-12-18/h8-12,15H,5-7,13-14,16H2,1-4H3. The van der Waals surface area contributed by atoms with Gasteiger partial charge in [-0.05, 0) is 32.3 Å². The molecule has 1 aromatic heterocycles. The van der Waals surface area contributed by atoms with Gasteiger partial charge in [0.25, 0.3) is 0 Å². The Labute approximate surface area is 146 Å². The van der Waals surface area contributed by atoms with Crippen molar-refractivity contribution in [3.05, 3.63) is 47.7 Å². The Morgan fingerprint density at radius 3 is 2.12 bits per heavy atom. The van der Waals surface area contributed by atoms with Crippen LogP contribution in [0.15, 0.2) is 36.4 Å². The smallest absolute Gasteiger partial charge is 0.227 e. The first-order chi connectivity index (χ1) is 11.7. The highest BCUT2D eigenvalue weighted by Gasteiger charge is 2.13. The number of anilines is 2. The fraction of sp³-hybridized carbons (Fsp3) is 0.500. The zero-order chi connectivity index (χ0) is 17.4.